The van der Waals surface area contributed by atoms with Crippen molar-refractivity contribution >= 4 is 29.6 Å². The highest BCUT2D eigenvalue weighted by Gasteiger charge is 2.30. The summed E-state index contributed by atoms with van der Waals surface area (Å²) in [5.41, 5.74) is 0. The van der Waals surface area contributed by atoms with Gasteiger partial charge in [-0.05, 0) is 68.7 Å². The van der Waals surface area contributed by atoms with Crippen molar-refractivity contribution in [3.63, 3.8) is 0 Å². The smallest absolute Gasteiger partial charge is 0.273 e. The Balaban J connectivity index is 1.51. The maximum atomic E-state index is 6.06. The molecule has 4 heteroatoms. The zero-order valence-corrected chi connectivity index (χ0v) is 19.5. The minimum absolute atomic E-state index is 0.507. The first kappa shape index (κ1) is 23.0. The first-order valence-corrected chi connectivity index (χ1v) is 15.2. The third-order valence-electron chi connectivity index (χ3n) is 6.86. The maximum Gasteiger partial charge on any atom is 0.273 e. The number of ether oxygens (including phenoxy) is 1. The zero-order chi connectivity index (χ0) is 18.6. The minimum Gasteiger partial charge on any atom is -0.378 e. The van der Waals surface area contributed by atoms with E-state index in [2.05, 4.69) is 6.92 Å². The number of hydrogen-bond acceptors (Lipinski definition) is 1. The van der Waals surface area contributed by atoms with Crippen LogP contribution in [-0.4, -0.2) is 20.1 Å². The van der Waals surface area contributed by atoms with Gasteiger partial charge in [0.2, 0.25) is 0 Å². The normalized spacial score (nSPS) is 30.0. The Morgan fingerprint density at radius 1 is 0.769 bits per heavy atom. The summed E-state index contributed by atoms with van der Waals surface area (Å²) in [5, 5.41) is 0. The quantitative estimate of drug-likeness (QED) is 0.176. The zero-order valence-electron chi connectivity index (χ0n) is 17.0. The van der Waals surface area contributed by atoms with Crippen LogP contribution in [0.2, 0.25) is 6.04 Å². The predicted molar refractivity (Wildman–Crippen MR) is 117 cm³/mol. The molecule has 2 aliphatic rings. The number of halogens is 2. The lowest BCUT2D eigenvalue weighted by Gasteiger charge is -2.38. The van der Waals surface area contributed by atoms with E-state index in [1.54, 1.807) is 0 Å². The molecule has 1 nitrogen and oxygen atoms in total. The van der Waals surface area contributed by atoms with E-state index in [9.17, 15) is 0 Å². The molecule has 0 atom stereocenters. The van der Waals surface area contributed by atoms with Crippen molar-refractivity contribution in [1.29, 1.82) is 0 Å². The van der Waals surface area contributed by atoms with Gasteiger partial charge in [0.15, 0.2) is 0 Å². The molecule has 2 fully saturated rings. The van der Waals surface area contributed by atoms with Gasteiger partial charge < -0.3 is 4.74 Å². The van der Waals surface area contributed by atoms with Gasteiger partial charge in [0, 0.05) is 6.61 Å². The van der Waals surface area contributed by atoms with E-state index in [0.717, 1.165) is 36.8 Å². The molecule has 26 heavy (non-hydrogen) atoms. The molecule has 2 saturated carbocycles. The molecule has 0 aromatic heterocycles. The van der Waals surface area contributed by atoms with E-state index in [1.807, 2.05) is 0 Å². The Morgan fingerprint density at radius 2 is 1.38 bits per heavy atom. The molecule has 0 N–H and O–H groups in total. The van der Waals surface area contributed by atoms with Crippen LogP contribution >= 0.6 is 22.2 Å². The molecule has 0 saturated heterocycles. The molecule has 0 aromatic rings. The van der Waals surface area contributed by atoms with Gasteiger partial charge in [-0.25, -0.2) is 0 Å². The fourth-order valence-electron chi connectivity index (χ4n) is 5.17. The Morgan fingerprint density at radius 3 is 2.00 bits per heavy atom. The second-order valence-electron chi connectivity index (χ2n) is 8.83. The van der Waals surface area contributed by atoms with E-state index in [4.69, 9.17) is 26.9 Å². The highest BCUT2D eigenvalue weighted by molar-refractivity contribution is 7.33. The van der Waals surface area contributed by atoms with Crippen molar-refractivity contribution in [2.75, 3.05) is 6.61 Å². The Kier molecular flexibility index (Phi) is 12.3. The average molecular weight is 421 g/mol. The van der Waals surface area contributed by atoms with Gasteiger partial charge in [-0.3, -0.25) is 0 Å². The third kappa shape index (κ3) is 9.30. The first-order valence-electron chi connectivity index (χ1n) is 11.5. The summed E-state index contributed by atoms with van der Waals surface area (Å²) in [7, 11) is -1.11. The number of unbranched alkanes of at least 4 members (excludes halogenated alkanes) is 4. The van der Waals surface area contributed by atoms with E-state index >= 15 is 0 Å². The van der Waals surface area contributed by atoms with Crippen molar-refractivity contribution in [2.24, 2.45) is 17.8 Å². The van der Waals surface area contributed by atoms with Crippen molar-refractivity contribution in [3.05, 3.63) is 0 Å². The SMILES string of the molecule is CCCCCCCC1CCC(C2CCC(OCCC[Si](Cl)Cl)CC2)CC1. The molecule has 1 radical (unpaired) electrons. The Bertz CT molecular complexity index is 337. The van der Waals surface area contributed by atoms with Crippen molar-refractivity contribution in [2.45, 2.75) is 115 Å². The number of hydrogen-bond donors (Lipinski definition) is 0. The van der Waals surface area contributed by atoms with Crippen molar-refractivity contribution in [3.8, 4) is 0 Å². The van der Waals surface area contributed by atoms with Crippen molar-refractivity contribution in [1.82, 2.24) is 0 Å². The molecular formula is C22H41Cl2OSi. The molecule has 0 unspecified atom stereocenters. The largest absolute Gasteiger partial charge is 0.378 e. The van der Waals surface area contributed by atoms with Gasteiger partial charge in [-0.15, -0.1) is 22.2 Å². The summed E-state index contributed by atoms with van der Waals surface area (Å²) in [4.78, 5) is 0. The van der Waals surface area contributed by atoms with Gasteiger partial charge >= 0.3 is 0 Å². The molecule has 2 rings (SSSR count). The van der Waals surface area contributed by atoms with Gasteiger partial charge in [0.25, 0.3) is 7.42 Å². The monoisotopic (exact) mass is 419 g/mol. The fraction of sp³-hybridized carbons (Fsp3) is 1.00. The molecule has 0 heterocycles. The number of rotatable bonds is 12. The highest BCUT2D eigenvalue weighted by Crippen LogP contribution is 2.41. The first-order chi connectivity index (χ1) is 12.7. The average Bonchev–Trinajstić information content (AvgIpc) is 2.66. The highest BCUT2D eigenvalue weighted by atomic mass is 35.7. The van der Waals surface area contributed by atoms with Crippen LogP contribution in [0.3, 0.4) is 0 Å². The van der Waals surface area contributed by atoms with Gasteiger partial charge in [0.1, 0.15) is 0 Å². The molecule has 0 amide bonds. The van der Waals surface area contributed by atoms with Gasteiger partial charge in [-0.1, -0.05) is 58.3 Å². The van der Waals surface area contributed by atoms with Crippen LogP contribution in [0.4, 0.5) is 0 Å². The molecular weight excluding hydrogens is 379 g/mol. The Hall–Kier alpha value is 0.757. The lowest BCUT2D eigenvalue weighted by molar-refractivity contribution is 0.00728. The Labute approximate surface area is 173 Å². The lowest BCUT2D eigenvalue weighted by Crippen LogP contribution is -2.28. The van der Waals surface area contributed by atoms with Crippen LogP contribution in [0.1, 0.15) is 103 Å². The standard InChI is InChI=1S/C22H41Cl2OSi/c1-2-3-4-5-6-8-19-9-11-20(12-10-19)21-13-15-22(16-14-21)25-17-7-18-26(23)24/h19-22H,2-18H2,1H3. The summed E-state index contributed by atoms with van der Waals surface area (Å²) in [6.07, 6.45) is 21.6. The van der Waals surface area contributed by atoms with Crippen LogP contribution in [-0.2, 0) is 4.74 Å². The van der Waals surface area contributed by atoms with Gasteiger partial charge in [0.05, 0.1) is 6.10 Å². The molecule has 0 aromatic carbocycles. The van der Waals surface area contributed by atoms with E-state index in [1.165, 1.54) is 89.9 Å². The van der Waals surface area contributed by atoms with E-state index < -0.39 is 7.42 Å². The fourth-order valence-corrected chi connectivity index (χ4v) is 6.38. The van der Waals surface area contributed by atoms with Crippen molar-refractivity contribution < 1.29 is 4.74 Å². The summed E-state index contributed by atoms with van der Waals surface area (Å²) >= 11 is 11.7. The van der Waals surface area contributed by atoms with Crippen LogP contribution in [0, 0.1) is 17.8 Å². The molecule has 153 valence electrons. The predicted octanol–water partition coefficient (Wildman–Crippen LogP) is 8.08. The summed E-state index contributed by atoms with van der Waals surface area (Å²) < 4.78 is 6.06. The second-order valence-corrected chi connectivity index (χ2v) is 13.3. The molecule has 0 aliphatic heterocycles. The summed E-state index contributed by atoms with van der Waals surface area (Å²) in [6.45, 7) is 3.16. The van der Waals surface area contributed by atoms with Crippen LogP contribution < -0.4 is 0 Å². The van der Waals surface area contributed by atoms with Crippen LogP contribution in [0.25, 0.3) is 0 Å². The summed E-state index contributed by atoms with van der Waals surface area (Å²) in [6, 6.07) is 0.949. The van der Waals surface area contributed by atoms with E-state index in [0.29, 0.717) is 6.10 Å². The van der Waals surface area contributed by atoms with Crippen LogP contribution in [0.5, 0.6) is 0 Å². The topological polar surface area (TPSA) is 9.23 Å². The maximum absolute atomic E-state index is 6.06. The van der Waals surface area contributed by atoms with E-state index in [-0.39, 0.29) is 0 Å². The molecule has 0 spiro atoms. The van der Waals surface area contributed by atoms with Crippen LogP contribution in [0.15, 0.2) is 0 Å². The third-order valence-corrected chi connectivity index (χ3v) is 8.72. The lowest BCUT2D eigenvalue weighted by atomic mass is 9.70. The van der Waals surface area contributed by atoms with Gasteiger partial charge in [-0.2, -0.15) is 0 Å². The molecule has 2 aliphatic carbocycles. The molecule has 0 bridgehead atoms. The summed E-state index contributed by atoms with van der Waals surface area (Å²) in [5.74, 6) is 3.05. The second kappa shape index (κ2) is 13.9. The minimum atomic E-state index is -1.11.